The molecule has 1 aromatic heterocycles. The van der Waals surface area contributed by atoms with Crippen LogP contribution in [-0.4, -0.2) is 41.5 Å². The zero-order valence-corrected chi connectivity index (χ0v) is 16.5. The van der Waals surface area contributed by atoms with Gasteiger partial charge in [0.25, 0.3) is 0 Å². The number of hydrogen-bond acceptors (Lipinski definition) is 4. The summed E-state index contributed by atoms with van der Waals surface area (Å²) in [6, 6.07) is 2.87. The van der Waals surface area contributed by atoms with Gasteiger partial charge in [-0.05, 0) is 38.8 Å². The zero-order chi connectivity index (χ0) is 20.5. The second kappa shape index (κ2) is 7.96. The van der Waals surface area contributed by atoms with Gasteiger partial charge in [-0.2, -0.15) is 9.40 Å². The van der Waals surface area contributed by atoms with Crippen LogP contribution in [0.1, 0.15) is 25.5 Å². The quantitative estimate of drug-likeness (QED) is 0.818. The van der Waals surface area contributed by atoms with E-state index in [0.717, 1.165) is 12.1 Å². The monoisotopic (exact) mass is 412 g/mol. The molecule has 1 atom stereocenters. The van der Waals surface area contributed by atoms with E-state index in [1.807, 2.05) is 6.92 Å². The highest BCUT2D eigenvalue weighted by molar-refractivity contribution is 7.89. The molecule has 1 amide bonds. The maximum absolute atomic E-state index is 13.8. The molecule has 1 N–H and O–H groups in total. The Balaban J connectivity index is 1.75. The molecule has 3 rings (SSSR count). The smallest absolute Gasteiger partial charge is 0.246 e. The fourth-order valence-electron chi connectivity index (χ4n) is 3.25. The molecule has 0 spiro atoms. The Morgan fingerprint density at radius 3 is 2.75 bits per heavy atom. The number of benzene rings is 1. The minimum Gasteiger partial charge on any atom is -0.323 e. The van der Waals surface area contributed by atoms with E-state index in [0.29, 0.717) is 37.7 Å². The molecular weight excluding hydrogens is 390 g/mol. The van der Waals surface area contributed by atoms with Crippen molar-refractivity contribution in [1.82, 2.24) is 14.1 Å². The number of nitrogens with zero attached hydrogens (tertiary/aromatic N) is 3. The summed E-state index contributed by atoms with van der Waals surface area (Å²) in [6.45, 7) is 4.33. The van der Waals surface area contributed by atoms with Gasteiger partial charge in [0.2, 0.25) is 15.9 Å². The van der Waals surface area contributed by atoms with Crippen LogP contribution < -0.4 is 5.32 Å². The number of aryl methyl sites for hydroxylation is 2. The topological polar surface area (TPSA) is 84.3 Å². The maximum Gasteiger partial charge on any atom is 0.246 e. The van der Waals surface area contributed by atoms with Crippen molar-refractivity contribution in [3.63, 3.8) is 0 Å². The number of anilines is 1. The lowest BCUT2D eigenvalue weighted by Crippen LogP contribution is -2.43. The van der Waals surface area contributed by atoms with E-state index in [4.69, 9.17) is 0 Å². The first-order chi connectivity index (χ1) is 13.2. The molecule has 1 fully saturated rings. The fourth-order valence-corrected chi connectivity index (χ4v) is 4.95. The van der Waals surface area contributed by atoms with Crippen LogP contribution in [-0.2, 0) is 21.4 Å². The van der Waals surface area contributed by atoms with Gasteiger partial charge in [-0.25, -0.2) is 17.2 Å². The Kier molecular flexibility index (Phi) is 5.80. The molecule has 0 radical (unpaired) electrons. The lowest BCUT2D eigenvalue weighted by Gasteiger charge is -2.31. The lowest BCUT2D eigenvalue weighted by molar-refractivity contribution is -0.120. The van der Waals surface area contributed by atoms with Crippen molar-refractivity contribution in [3.8, 4) is 0 Å². The van der Waals surface area contributed by atoms with E-state index in [1.54, 1.807) is 11.6 Å². The van der Waals surface area contributed by atoms with Gasteiger partial charge in [-0.1, -0.05) is 0 Å². The van der Waals surface area contributed by atoms with Gasteiger partial charge in [-0.15, -0.1) is 0 Å². The Hall–Kier alpha value is -2.33. The van der Waals surface area contributed by atoms with Crippen LogP contribution in [0.5, 0.6) is 0 Å². The third kappa shape index (κ3) is 4.07. The largest absolute Gasteiger partial charge is 0.323 e. The number of amides is 1. The number of nitrogens with one attached hydrogen (secondary N) is 1. The van der Waals surface area contributed by atoms with Gasteiger partial charge >= 0.3 is 0 Å². The normalized spacial score (nSPS) is 18.2. The van der Waals surface area contributed by atoms with E-state index in [2.05, 4.69) is 10.4 Å². The molecule has 0 bridgehead atoms. The lowest BCUT2D eigenvalue weighted by atomic mass is 9.98. The molecule has 2 aromatic rings. The van der Waals surface area contributed by atoms with Gasteiger partial charge in [0.15, 0.2) is 0 Å². The Morgan fingerprint density at radius 1 is 1.36 bits per heavy atom. The molecule has 1 saturated heterocycles. The summed E-state index contributed by atoms with van der Waals surface area (Å²) in [4.78, 5) is 12.6. The molecule has 0 saturated carbocycles. The van der Waals surface area contributed by atoms with Crippen LogP contribution in [0.2, 0.25) is 0 Å². The van der Waals surface area contributed by atoms with Gasteiger partial charge in [0.1, 0.15) is 16.5 Å². The van der Waals surface area contributed by atoms with Crippen molar-refractivity contribution in [2.24, 2.45) is 5.92 Å². The summed E-state index contributed by atoms with van der Waals surface area (Å²) >= 11 is 0. The molecule has 152 valence electrons. The van der Waals surface area contributed by atoms with Crippen molar-refractivity contribution >= 4 is 21.6 Å². The molecule has 0 unspecified atom stereocenters. The number of aromatic nitrogens is 2. The van der Waals surface area contributed by atoms with Crippen LogP contribution in [0, 0.1) is 24.5 Å². The second-order valence-corrected chi connectivity index (χ2v) is 8.66. The molecule has 1 aromatic carbocycles. The Morgan fingerprint density at radius 2 is 2.11 bits per heavy atom. The van der Waals surface area contributed by atoms with E-state index >= 15 is 0 Å². The number of carbonyl (C=O) groups is 1. The summed E-state index contributed by atoms with van der Waals surface area (Å²) in [5.74, 6) is -2.74. The second-order valence-electron chi connectivity index (χ2n) is 6.75. The highest BCUT2D eigenvalue weighted by Gasteiger charge is 2.35. The minimum absolute atomic E-state index is 0.00622. The third-order valence-corrected chi connectivity index (χ3v) is 6.76. The highest BCUT2D eigenvalue weighted by Crippen LogP contribution is 2.26. The Labute approximate surface area is 162 Å². The molecule has 7 nitrogen and oxygen atoms in total. The van der Waals surface area contributed by atoms with Crippen LogP contribution in [0.3, 0.4) is 0 Å². The van der Waals surface area contributed by atoms with Crippen LogP contribution >= 0.6 is 0 Å². The van der Waals surface area contributed by atoms with Crippen molar-refractivity contribution in [2.75, 3.05) is 18.4 Å². The van der Waals surface area contributed by atoms with E-state index in [1.165, 1.54) is 10.5 Å². The molecule has 10 heteroatoms. The van der Waals surface area contributed by atoms with Gasteiger partial charge in [0, 0.05) is 31.9 Å². The standard InChI is InChI=1S/C18H22F2N4O3S/c1-3-23-11-17(12(2)22-23)28(26,27)24-8-4-5-13(10-24)18(25)21-16-7-6-14(19)9-15(16)20/h6-7,9,11,13H,3-5,8,10H2,1-2H3,(H,21,25)/t13-/m0/s1. The van der Waals surface area contributed by atoms with Gasteiger partial charge in [0.05, 0.1) is 17.3 Å². The maximum atomic E-state index is 13.8. The molecule has 1 aliphatic rings. The number of rotatable bonds is 5. The summed E-state index contributed by atoms with van der Waals surface area (Å²) in [5, 5.41) is 6.60. The molecule has 0 aliphatic carbocycles. The summed E-state index contributed by atoms with van der Waals surface area (Å²) in [7, 11) is -3.79. The van der Waals surface area contributed by atoms with Crippen LogP contribution in [0.25, 0.3) is 0 Å². The van der Waals surface area contributed by atoms with E-state index in [-0.39, 0.29) is 17.1 Å². The van der Waals surface area contributed by atoms with Crippen molar-refractivity contribution in [2.45, 2.75) is 38.1 Å². The molecule has 1 aliphatic heterocycles. The molecule has 2 heterocycles. The predicted molar refractivity (Wildman–Crippen MR) is 99.1 cm³/mol. The summed E-state index contributed by atoms with van der Waals surface area (Å²) < 4.78 is 55.6. The third-order valence-electron chi connectivity index (χ3n) is 4.79. The highest BCUT2D eigenvalue weighted by atomic mass is 32.2. The SMILES string of the molecule is CCn1cc(S(=O)(=O)N2CCC[C@H](C(=O)Nc3ccc(F)cc3F)C2)c(C)n1. The number of sulfonamides is 1. The molecule has 28 heavy (non-hydrogen) atoms. The van der Waals surface area contributed by atoms with Crippen molar-refractivity contribution in [3.05, 3.63) is 41.7 Å². The number of carbonyl (C=O) groups excluding carboxylic acids is 1. The first kappa shape index (κ1) is 20.4. The summed E-state index contributed by atoms with van der Waals surface area (Å²) in [6.07, 6.45) is 2.47. The average Bonchev–Trinajstić information content (AvgIpc) is 3.06. The summed E-state index contributed by atoms with van der Waals surface area (Å²) in [5.41, 5.74) is 0.272. The van der Waals surface area contributed by atoms with Crippen molar-refractivity contribution < 1.29 is 22.0 Å². The van der Waals surface area contributed by atoms with Crippen molar-refractivity contribution in [1.29, 1.82) is 0 Å². The number of halogens is 2. The minimum atomic E-state index is -3.79. The number of piperidine rings is 1. The number of hydrogen-bond donors (Lipinski definition) is 1. The zero-order valence-electron chi connectivity index (χ0n) is 15.7. The average molecular weight is 412 g/mol. The first-order valence-electron chi connectivity index (χ1n) is 9.02. The van der Waals surface area contributed by atoms with Gasteiger partial charge in [-0.3, -0.25) is 9.48 Å². The van der Waals surface area contributed by atoms with E-state index < -0.39 is 33.5 Å². The fraction of sp³-hybridized carbons (Fsp3) is 0.444. The van der Waals surface area contributed by atoms with E-state index in [9.17, 15) is 22.0 Å². The molecular formula is C18H22F2N4O3S. The van der Waals surface area contributed by atoms with Gasteiger partial charge < -0.3 is 5.32 Å². The first-order valence-corrected chi connectivity index (χ1v) is 10.5. The predicted octanol–water partition coefficient (Wildman–Crippen LogP) is 2.53. The van der Waals surface area contributed by atoms with Crippen LogP contribution in [0.15, 0.2) is 29.3 Å². The Bertz CT molecular complexity index is 991. The van der Waals surface area contributed by atoms with Crippen LogP contribution in [0.4, 0.5) is 14.5 Å².